The number of carboxylic acids is 1. The highest BCUT2D eigenvalue weighted by molar-refractivity contribution is 5.95. The molecule has 0 saturated heterocycles. The Bertz CT molecular complexity index is 559. The minimum absolute atomic E-state index is 0.134. The van der Waals surface area contributed by atoms with Gasteiger partial charge in [-0.25, -0.2) is 0 Å². The number of carboxylic acid groups (broad SMARTS) is 1. The van der Waals surface area contributed by atoms with Gasteiger partial charge in [0.25, 0.3) is 11.6 Å². The molecule has 0 saturated carbocycles. The number of nitro benzene ring substituents is 1. The SMILES string of the molecule is CCC(CC(=O)O)Nc1cc(C(=O)NC)ccc1[N+](=O)[O-]. The van der Waals surface area contributed by atoms with Crippen molar-refractivity contribution in [3.8, 4) is 0 Å². The lowest BCUT2D eigenvalue weighted by Gasteiger charge is -2.16. The Balaban J connectivity index is 3.13. The number of rotatable bonds is 7. The summed E-state index contributed by atoms with van der Waals surface area (Å²) in [5, 5.41) is 25.1. The molecule has 3 N–H and O–H groups in total. The molecule has 1 amide bonds. The van der Waals surface area contributed by atoms with Crippen LogP contribution in [0.25, 0.3) is 0 Å². The van der Waals surface area contributed by atoms with Crippen LogP contribution in [0.1, 0.15) is 30.1 Å². The van der Waals surface area contributed by atoms with Gasteiger partial charge in [0.05, 0.1) is 11.3 Å². The smallest absolute Gasteiger partial charge is 0.305 e. The summed E-state index contributed by atoms with van der Waals surface area (Å²) in [7, 11) is 1.45. The van der Waals surface area contributed by atoms with Gasteiger partial charge < -0.3 is 15.7 Å². The van der Waals surface area contributed by atoms with Gasteiger partial charge in [-0.15, -0.1) is 0 Å². The van der Waals surface area contributed by atoms with Crippen molar-refractivity contribution in [1.29, 1.82) is 0 Å². The zero-order valence-corrected chi connectivity index (χ0v) is 11.8. The van der Waals surface area contributed by atoms with E-state index in [-0.39, 0.29) is 29.3 Å². The van der Waals surface area contributed by atoms with Crippen molar-refractivity contribution in [3.05, 3.63) is 33.9 Å². The summed E-state index contributed by atoms with van der Waals surface area (Å²) in [6.45, 7) is 1.77. The number of nitrogens with one attached hydrogen (secondary N) is 2. The first kappa shape index (κ1) is 16.4. The standard InChI is InChI=1S/C13H17N3O5/c1-3-9(7-12(17)18)15-10-6-8(13(19)14-2)4-5-11(10)16(20)21/h4-6,9,15H,3,7H2,1-2H3,(H,14,19)(H,17,18). The van der Waals surface area contributed by atoms with Crippen LogP contribution in [0.4, 0.5) is 11.4 Å². The molecule has 1 unspecified atom stereocenters. The van der Waals surface area contributed by atoms with Crippen LogP contribution in [0.15, 0.2) is 18.2 Å². The van der Waals surface area contributed by atoms with Crippen LogP contribution in [0.3, 0.4) is 0 Å². The molecule has 0 aliphatic rings. The Kier molecular flexibility index (Phi) is 5.65. The van der Waals surface area contributed by atoms with Gasteiger partial charge in [0.15, 0.2) is 0 Å². The van der Waals surface area contributed by atoms with Crippen molar-refractivity contribution in [3.63, 3.8) is 0 Å². The van der Waals surface area contributed by atoms with E-state index in [1.807, 2.05) is 0 Å². The van der Waals surface area contributed by atoms with Gasteiger partial charge in [0.1, 0.15) is 5.69 Å². The van der Waals surface area contributed by atoms with E-state index in [0.29, 0.717) is 6.42 Å². The monoisotopic (exact) mass is 295 g/mol. The van der Waals surface area contributed by atoms with E-state index < -0.39 is 16.9 Å². The van der Waals surface area contributed by atoms with Crippen LogP contribution in [0.2, 0.25) is 0 Å². The molecule has 1 atom stereocenters. The second kappa shape index (κ2) is 7.22. The highest BCUT2D eigenvalue weighted by Crippen LogP contribution is 2.27. The van der Waals surface area contributed by atoms with Crippen LogP contribution < -0.4 is 10.6 Å². The van der Waals surface area contributed by atoms with Crippen molar-refractivity contribution in [1.82, 2.24) is 5.32 Å². The number of hydrogen-bond acceptors (Lipinski definition) is 5. The number of aliphatic carboxylic acids is 1. The van der Waals surface area contributed by atoms with Crippen LogP contribution >= 0.6 is 0 Å². The average Bonchev–Trinajstić information content (AvgIpc) is 2.44. The second-order valence-corrected chi connectivity index (χ2v) is 4.42. The zero-order valence-electron chi connectivity index (χ0n) is 11.8. The Hall–Kier alpha value is -2.64. The minimum atomic E-state index is -1.00. The summed E-state index contributed by atoms with van der Waals surface area (Å²) in [5.74, 6) is -1.38. The zero-order chi connectivity index (χ0) is 16.0. The van der Waals surface area contributed by atoms with Gasteiger partial charge in [-0.2, -0.15) is 0 Å². The number of carbonyl (C=O) groups is 2. The molecule has 8 heteroatoms. The van der Waals surface area contributed by atoms with Crippen molar-refractivity contribution in [2.45, 2.75) is 25.8 Å². The molecule has 0 spiro atoms. The minimum Gasteiger partial charge on any atom is -0.481 e. The van der Waals surface area contributed by atoms with Crippen molar-refractivity contribution >= 4 is 23.3 Å². The molecule has 1 aromatic carbocycles. The number of anilines is 1. The lowest BCUT2D eigenvalue weighted by Crippen LogP contribution is -2.23. The summed E-state index contributed by atoms with van der Waals surface area (Å²) in [5.41, 5.74) is 0.191. The predicted octanol–water partition coefficient (Wildman–Crippen LogP) is 1.62. The highest BCUT2D eigenvalue weighted by atomic mass is 16.6. The van der Waals surface area contributed by atoms with Crippen molar-refractivity contribution in [2.24, 2.45) is 0 Å². The molecule has 0 aliphatic heterocycles. The summed E-state index contributed by atoms with van der Waals surface area (Å²) in [4.78, 5) is 32.8. The summed E-state index contributed by atoms with van der Waals surface area (Å²) >= 11 is 0. The summed E-state index contributed by atoms with van der Waals surface area (Å²) in [6, 6.07) is 3.46. The third-order valence-electron chi connectivity index (χ3n) is 2.96. The number of benzene rings is 1. The maximum atomic E-state index is 11.6. The van der Waals surface area contributed by atoms with Gasteiger partial charge in [-0.1, -0.05) is 6.92 Å². The molecule has 0 aromatic heterocycles. The van der Waals surface area contributed by atoms with Crippen LogP contribution in [0.5, 0.6) is 0 Å². The fourth-order valence-corrected chi connectivity index (χ4v) is 1.82. The van der Waals surface area contributed by atoms with E-state index in [9.17, 15) is 19.7 Å². The maximum Gasteiger partial charge on any atom is 0.305 e. The summed E-state index contributed by atoms with van der Waals surface area (Å²) in [6.07, 6.45) is 0.311. The molecule has 0 aliphatic carbocycles. The number of nitrogens with zero attached hydrogens (tertiary/aromatic N) is 1. The predicted molar refractivity (Wildman–Crippen MR) is 76.4 cm³/mol. The van der Waals surface area contributed by atoms with Crippen LogP contribution in [-0.4, -0.2) is 35.0 Å². The second-order valence-electron chi connectivity index (χ2n) is 4.42. The summed E-state index contributed by atoms with van der Waals surface area (Å²) < 4.78 is 0. The molecule has 1 aromatic rings. The Morgan fingerprint density at radius 2 is 2.10 bits per heavy atom. The van der Waals surface area contributed by atoms with Crippen LogP contribution in [0, 0.1) is 10.1 Å². The van der Waals surface area contributed by atoms with E-state index >= 15 is 0 Å². The molecule has 0 heterocycles. The Labute approximate surface area is 121 Å². The van der Waals surface area contributed by atoms with Gasteiger partial charge in [-0.05, 0) is 18.6 Å². The number of nitro groups is 1. The quantitative estimate of drug-likeness (QED) is 0.519. The molecule has 21 heavy (non-hydrogen) atoms. The third-order valence-corrected chi connectivity index (χ3v) is 2.96. The van der Waals surface area contributed by atoms with Gasteiger partial charge in [0, 0.05) is 24.7 Å². The third kappa shape index (κ3) is 4.44. The van der Waals surface area contributed by atoms with E-state index in [0.717, 1.165) is 0 Å². The lowest BCUT2D eigenvalue weighted by molar-refractivity contribution is -0.384. The molecule has 0 bridgehead atoms. The molecular weight excluding hydrogens is 278 g/mol. The number of hydrogen-bond donors (Lipinski definition) is 3. The first-order chi connectivity index (χ1) is 9.88. The first-order valence-corrected chi connectivity index (χ1v) is 6.37. The van der Waals surface area contributed by atoms with E-state index in [1.54, 1.807) is 6.92 Å². The van der Waals surface area contributed by atoms with Crippen molar-refractivity contribution < 1.29 is 19.6 Å². The van der Waals surface area contributed by atoms with E-state index in [2.05, 4.69) is 10.6 Å². The average molecular weight is 295 g/mol. The molecular formula is C13H17N3O5. The fourth-order valence-electron chi connectivity index (χ4n) is 1.82. The number of carbonyl (C=O) groups excluding carboxylic acids is 1. The van der Waals surface area contributed by atoms with E-state index in [4.69, 9.17) is 5.11 Å². The van der Waals surface area contributed by atoms with Crippen LogP contribution in [-0.2, 0) is 4.79 Å². The number of amides is 1. The largest absolute Gasteiger partial charge is 0.481 e. The molecule has 8 nitrogen and oxygen atoms in total. The maximum absolute atomic E-state index is 11.6. The first-order valence-electron chi connectivity index (χ1n) is 6.37. The topological polar surface area (TPSA) is 122 Å². The molecule has 114 valence electrons. The lowest BCUT2D eigenvalue weighted by atomic mass is 10.1. The molecule has 0 fully saturated rings. The highest BCUT2D eigenvalue weighted by Gasteiger charge is 2.20. The Morgan fingerprint density at radius 3 is 2.57 bits per heavy atom. The Morgan fingerprint density at radius 1 is 1.43 bits per heavy atom. The van der Waals surface area contributed by atoms with Gasteiger partial charge in [-0.3, -0.25) is 19.7 Å². The van der Waals surface area contributed by atoms with Crippen molar-refractivity contribution in [2.75, 3.05) is 12.4 Å². The molecule has 0 radical (unpaired) electrons. The van der Waals surface area contributed by atoms with E-state index in [1.165, 1.54) is 25.2 Å². The fraction of sp³-hybridized carbons (Fsp3) is 0.385. The molecule has 1 rings (SSSR count). The normalized spacial score (nSPS) is 11.5. The van der Waals surface area contributed by atoms with Gasteiger partial charge in [0.2, 0.25) is 0 Å². The van der Waals surface area contributed by atoms with Gasteiger partial charge >= 0.3 is 5.97 Å².